The van der Waals surface area contributed by atoms with Gasteiger partial charge < -0.3 is 4.90 Å². The molecule has 5 nitrogen and oxygen atoms in total. The summed E-state index contributed by atoms with van der Waals surface area (Å²) >= 11 is 5.84. The lowest BCUT2D eigenvalue weighted by Crippen LogP contribution is -2.45. The minimum Gasteiger partial charge on any atom is -0.308 e. The number of carbonyl (C=O) groups is 1. The molecule has 3 rings (SSSR count). The number of amides is 1. The van der Waals surface area contributed by atoms with Gasteiger partial charge in [-0.25, -0.2) is 8.42 Å². The maximum atomic E-state index is 12.9. The van der Waals surface area contributed by atoms with Crippen molar-refractivity contribution in [1.82, 2.24) is 4.31 Å². The fourth-order valence-corrected chi connectivity index (χ4v) is 4.82. The zero-order valence-corrected chi connectivity index (χ0v) is 16.3. The summed E-state index contributed by atoms with van der Waals surface area (Å²) in [6, 6.07) is 13.7. The Hall–Kier alpha value is -1.89. The number of anilines is 1. The van der Waals surface area contributed by atoms with E-state index in [0.717, 1.165) is 17.7 Å². The Balaban J connectivity index is 1.84. The summed E-state index contributed by atoms with van der Waals surface area (Å²) in [5, 5.41) is 0.463. The SMILES string of the molecule is CCN(CC(=O)N1c2ccccc2CC1C)S(=O)(=O)c1ccc(Cl)cc1. The number of sulfonamides is 1. The zero-order valence-electron chi connectivity index (χ0n) is 14.7. The number of likely N-dealkylation sites (N-methyl/N-ethyl adjacent to an activating group) is 1. The van der Waals surface area contributed by atoms with E-state index in [1.165, 1.54) is 28.6 Å². The van der Waals surface area contributed by atoms with Gasteiger partial charge >= 0.3 is 0 Å². The molecule has 1 amide bonds. The predicted octanol–water partition coefficient (Wildman–Crippen LogP) is 3.33. The number of para-hydroxylation sites is 1. The van der Waals surface area contributed by atoms with Gasteiger partial charge in [-0.1, -0.05) is 36.7 Å². The van der Waals surface area contributed by atoms with E-state index in [2.05, 4.69) is 0 Å². The molecule has 2 aromatic rings. The van der Waals surface area contributed by atoms with Crippen LogP contribution in [0.5, 0.6) is 0 Å². The molecule has 138 valence electrons. The van der Waals surface area contributed by atoms with Crippen molar-refractivity contribution in [3.8, 4) is 0 Å². The Morgan fingerprint density at radius 1 is 1.19 bits per heavy atom. The van der Waals surface area contributed by atoms with Crippen molar-refractivity contribution < 1.29 is 13.2 Å². The minimum absolute atomic E-state index is 0.0110. The Labute approximate surface area is 159 Å². The van der Waals surface area contributed by atoms with E-state index in [1.807, 2.05) is 31.2 Å². The molecule has 0 saturated carbocycles. The summed E-state index contributed by atoms with van der Waals surface area (Å²) in [5.41, 5.74) is 1.97. The first-order valence-electron chi connectivity index (χ1n) is 8.50. The normalized spacial score (nSPS) is 16.8. The van der Waals surface area contributed by atoms with E-state index in [4.69, 9.17) is 11.6 Å². The zero-order chi connectivity index (χ0) is 18.9. The van der Waals surface area contributed by atoms with Crippen molar-refractivity contribution in [2.45, 2.75) is 31.2 Å². The average Bonchev–Trinajstić information content (AvgIpc) is 2.95. The Morgan fingerprint density at radius 2 is 1.85 bits per heavy atom. The van der Waals surface area contributed by atoms with Gasteiger partial charge in [-0.15, -0.1) is 0 Å². The fraction of sp³-hybridized carbons (Fsp3) is 0.316. The van der Waals surface area contributed by atoms with Crippen molar-refractivity contribution in [3.63, 3.8) is 0 Å². The second kappa shape index (κ2) is 7.39. The van der Waals surface area contributed by atoms with Crippen LogP contribution in [-0.2, 0) is 21.2 Å². The molecule has 26 heavy (non-hydrogen) atoms. The number of rotatable bonds is 5. The highest BCUT2D eigenvalue weighted by molar-refractivity contribution is 7.89. The highest BCUT2D eigenvalue weighted by Crippen LogP contribution is 2.32. The summed E-state index contributed by atoms with van der Waals surface area (Å²) in [5.74, 6) is -0.221. The number of nitrogens with zero attached hydrogens (tertiary/aromatic N) is 2. The second-order valence-corrected chi connectivity index (χ2v) is 8.71. The van der Waals surface area contributed by atoms with Crippen LogP contribution in [0.25, 0.3) is 0 Å². The molecule has 1 atom stereocenters. The third-order valence-electron chi connectivity index (χ3n) is 4.59. The van der Waals surface area contributed by atoms with Gasteiger partial charge in [0.1, 0.15) is 0 Å². The maximum absolute atomic E-state index is 12.9. The summed E-state index contributed by atoms with van der Waals surface area (Å²) in [7, 11) is -3.76. The van der Waals surface area contributed by atoms with Gasteiger partial charge in [0.2, 0.25) is 15.9 Å². The van der Waals surface area contributed by atoms with Gasteiger partial charge in [0.05, 0.1) is 11.4 Å². The molecule has 0 spiro atoms. The highest BCUT2D eigenvalue weighted by Gasteiger charge is 2.33. The lowest BCUT2D eigenvalue weighted by atomic mass is 10.1. The van der Waals surface area contributed by atoms with Crippen LogP contribution >= 0.6 is 11.6 Å². The predicted molar refractivity (Wildman–Crippen MR) is 103 cm³/mol. The van der Waals surface area contributed by atoms with Crippen LogP contribution in [0.3, 0.4) is 0 Å². The summed E-state index contributed by atoms with van der Waals surface area (Å²) in [6.45, 7) is 3.71. The first-order valence-corrected chi connectivity index (χ1v) is 10.3. The van der Waals surface area contributed by atoms with Crippen LogP contribution in [0.4, 0.5) is 5.69 Å². The fourth-order valence-electron chi connectivity index (χ4n) is 3.30. The Kier molecular flexibility index (Phi) is 5.37. The van der Waals surface area contributed by atoms with Gasteiger partial charge in [-0.05, 0) is 49.2 Å². The molecule has 0 fully saturated rings. The largest absolute Gasteiger partial charge is 0.308 e. The molecule has 0 N–H and O–H groups in total. The van der Waals surface area contributed by atoms with E-state index in [9.17, 15) is 13.2 Å². The average molecular weight is 393 g/mol. The topological polar surface area (TPSA) is 57.7 Å². The van der Waals surface area contributed by atoms with Crippen molar-refractivity contribution in [1.29, 1.82) is 0 Å². The first-order chi connectivity index (χ1) is 12.3. The summed E-state index contributed by atoms with van der Waals surface area (Å²) in [4.78, 5) is 14.8. The van der Waals surface area contributed by atoms with Gasteiger partial charge in [0.15, 0.2) is 0 Å². The van der Waals surface area contributed by atoms with E-state index in [-0.39, 0.29) is 29.9 Å². The molecule has 1 aliphatic heterocycles. The van der Waals surface area contributed by atoms with E-state index in [1.54, 1.807) is 11.8 Å². The summed E-state index contributed by atoms with van der Waals surface area (Å²) in [6.07, 6.45) is 0.776. The van der Waals surface area contributed by atoms with Crippen LogP contribution in [0.2, 0.25) is 5.02 Å². The number of carbonyl (C=O) groups excluding carboxylic acids is 1. The Bertz CT molecular complexity index is 913. The molecule has 2 aromatic carbocycles. The van der Waals surface area contributed by atoms with Gasteiger partial charge in [-0.2, -0.15) is 4.31 Å². The molecular formula is C19H21ClN2O3S. The standard InChI is InChI=1S/C19H21ClN2O3S/c1-3-21(26(24,25)17-10-8-16(20)9-11-17)13-19(23)22-14(2)12-15-6-4-5-7-18(15)22/h4-11,14H,3,12-13H2,1-2H3. The van der Waals surface area contributed by atoms with Gasteiger partial charge in [0.25, 0.3) is 0 Å². The minimum atomic E-state index is -3.76. The molecule has 0 aliphatic carbocycles. The van der Waals surface area contributed by atoms with Gasteiger partial charge in [0, 0.05) is 23.3 Å². The number of fused-ring (bicyclic) bond motifs is 1. The molecule has 1 aliphatic rings. The molecule has 7 heteroatoms. The van der Waals surface area contributed by atoms with Crippen molar-refractivity contribution in [2.75, 3.05) is 18.0 Å². The van der Waals surface area contributed by atoms with E-state index < -0.39 is 10.0 Å². The van der Waals surface area contributed by atoms with E-state index >= 15 is 0 Å². The summed E-state index contributed by atoms with van der Waals surface area (Å²) < 4.78 is 26.9. The highest BCUT2D eigenvalue weighted by atomic mass is 35.5. The molecule has 1 unspecified atom stereocenters. The molecule has 0 saturated heterocycles. The quantitative estimate of drug-likeness (QED) is 0.784. The maximum Gasteiger partial charge on any atom is 0.243 e. The monoisotopic (exact) mass is 392 g/mol. The number of hydrogen-bond donors (Lipinski definition) is 0. The van der Waals surface area contributed by atoms with Crippen molar-refractivity contribution >= 4 is 33.2 Å². The number of hydrogen-bond acceptors (Lipinski definition) is 3. The Morgan fingerprint density at radius 3 is 2.50 bits per heavy atom. The second-order valence-electron chi connectivity index (χ2n) is 6.33. The van der Waals surface area contributed by atoms with Crippen molar-refractivity contribution in [2.24, 2.45) is 0 Å². The van der Waals surface area contributed by atoms with Crippen LogP contribution in [0.15, 0.2) is 53.4 Å². The third kappa shape index (κ3) is 3.49. The first kappa shape index (κ1) is 18.9. The van der Waals surface area contributed by atoms with Crippen LogP contribution in [0, 0.1) is 0 Å². The number of halogens is 1. The number of benzene rings is 2. The third-order valence-corrected chi connectivity index (χ3v) is 6.78. The molecule has 0 radical (unpaired) electrons. The molecular weight excluding hydrogens is 372 g/mol. The van der Waals surface area contributed by atoms with E-state index in [0.29, 0.717) is 5.02 Å². The lowest BCUT2D eigenvalue weighted by molar-refractivity contribution is -0.119. The van der Waals surface area contributed by atoms with Crippen molar-refractivity contribution in [3.05, 3.63) is 59.1 Å². The molecule has 1 heterocycles. The lowest BCUT2D eigenvalue weighted by Gasteiger charge is -2.27. The van der Waals surface area contributed by atoms with Gasteiger partial charge in [-0.3, -0.25) is 4.79 Å². The smallest absolute Gasteiger partial charge is 0.243 e. The van der Waals surface area contributed by atoms with Crippen LogP contribution < -0.4 is 4.90 Å². The molecule has 0 aromatic heterocycles. The van der Waals surface area contributed by atoms with Crippen LogP contribution in [0.1, 0.15) is 19.4 Å². The van der Waals surface area contributed by atoms with Crippen LogP contribution in [-0.4, -0.2) is 37.8 Å². The molecule has 0 bridgehead atoms.